The van der Waals surface area contributed by atoms with E-state index >= 15 is 0 Å². The van der Waals surface area contributed by atoms with E-state index < -0.39 is 0 Å². The van der Waals surface area contributed by atoms with Crippen LogP contribution >= 0.6 is 0 Å². The highest BCUT2D eigenvalue weighted by atomic mass is 15.3. The van der Waals surface area contributed by atoms with Crippen LogP contribution in [0.1, 0.15) is 39.0 Å². The van der Waals surface area contributed by atoms with Gasteiger partial charge in [-0.25, -0.2) is 0 Å². The van der Waals surface area contributed by atoms with E-state index in [0.717, 1.165) is 12.1 Å². The minimum atomic E-state index is 0.460. The third-order valence-electron chi connectivity index (χ3n) is 5.81. The molecule has 3 heterocycles. The highest BCUT2D eigenvalue weighted by Crippen LogP contribution is 2.25. The fraction of sp³-hybridized carbons (Fsp3) is 1.00. The molecule has 0 aromatic heterocycles. The van der Waals surface area contributed by atoms with Gasteiger partial charge in [0.05, 0.1) is 0 Å². The summed E-state index contributed by atoms with van der Waals surface area (Å²) in [5.41, 5.74) is 6.02. The third-order valence-corrected chi connectivity index (χ3v) is 5.81. The van der Waals surface area contributed by atoms with Crippen molar-refractivity contribution in [1.82, 2.24) is 14.7 Å². The van der Waals surface area contributed by atoms with Gasteiger partial charge in [-0.3, -0.25) is 9.80 Å². The van der Waals surface area contributed by atoms with Crippen LogP contribution < -0.4 is 5.73 Å². The Morgan fingerprint density at radius 1 is 0.800 bits per heavy atom. The molecule has 116 valence electrons. The van der Waals surface area contributed by atoms with E-state index in [1.54, 1.807) is 0 Å². The maximum absolute atomic E-state index is 6.02. The summed E-state index contributed by atoms with van der Waals surface area (Å²) in [6.45, 7) is 11.2. The zero-order chi connectivity index (χ0) is 13.9. The number of piperidine rings is 2. The molecule has 0 bridgehead atoms. The first-order valence-electron chi connectivity index (χ1n) is 8.72. The molecule has 0 aliphatic carbocycles. The van der Waals surface area contributed by atoms with Gasteiger partial charge in [0.1, 0.15) is 0 Å². The molecular weight excluding hydrogens is 248 g/mol. The standard InChI is InChI=1S/C16H32N4/c1-2-18-8-5-15(6-9-18)20-12-7-16(13-20)19-10-3-14(17)4-11-19/h14-16H,2-13,17H2,1H3. The monoisotopic (exact) mass is 280 g/mol. The Labute approximate surface area is 124 Å². The molecular formula is C16H32N4. The Bertz CT molecular complexity index is 293. The van der Waals surface area contributed by atoms with Crippen LogP contribution in [0, 0.1) is 0 Å². The predicted molar refractivity (Wildman–Crippen MR) is 83.9 cm³/mol. The smallest absolute Gasteiger partial charge is 0.0235 e. The number of nitrogens with two attached hydrogens (primary N) is 1. The molecule has 0 aromatic carbocycles. The van der Waals surface area contributed by atoms with E-state index in [-0.39, 0.29) is 0 Å². The van der Waals surface area contributed by atoms with Gasteiger partial charge in [-0.05, 0) is 64.8 Å². The normalized spacial score (nSPS) is 33.0. The molecule has 3 rings (SSSR count). The Morgan fingerprint density at radius 2 is 1.40 bits per heavy atom. The third kappa shape index (κ3) is 3.35. The minimum absolute atomic E-state index is 0.460. The van der Waals surface area contributed by atoms with E-state index in [4.69, 9.17) is 5.73 Å². The van der Waals surface area contributed by atoms with E-state index in [2.05, 4.69) is 21.6 Å². The zero-order valence-corrected chi connectivity index (χ0v) is 13.1. The van der Waals surface area contributed by atoms with Crippen LogP contribution in [0.25, 0.3) is 0 Å². The van der Waals surface area contributed by atoms with Crippen molar-refractivity contribution in [3.05, 3.63) is 0 Å². The van der Waals surface area contributed by atoms with Crippen LogP contribution in [0.2, 0.25) is 0 Å². The van der Waals surface area contributed by atoms with Crippen molar-refractivity contribution in [2.24, 2.45) is 5.73 Å². The molecule has 20 heavy (non-hydrogen) atoms. The maximum Gasteiger partial charge on any atom is 0.0235 e. The summed E-state index contributed by atoms with van der Waals surface area (Å²) >= 11 is 0. The molecule has 0 saturated carbocycles. The predicted octanol–water partition coefficient (Wildman–Crippen LogP) is 0.968. The maximum atomic E-state index is 6.02. The van der Waals surface area contributed by atoms with Crippen molar-refractivity contribution in [3.63, 3.8) is 0 Å². The average Bonchev–Trinajstić information content (AvgIpc) is 2.98. The van der Waals surface area contributed by atoms with Crippen LogP contribution in [0.5, 0.6) is 0 Å². The largest absolute Gasteiger partial charge is 0.328 e. The van der Waals surface area contributed by atoms with Crippen LogP contribution in [0.3, 0.4) is 0 Å². The first-order valence-corrected chi connectivity index (χ1v) is 8.72. The molecule has 3 aliphatic rings. The van der Waals surface area contributed by atoms with Crippen molar-refractivity contribution < 1.29 is 0 Å². The first kappa shape index (κ1) is 14.8. The fourth-order valence-electron chi connectivity index (χ4n) is 4.28. The summed E-state index contributed by atoms with van der Waals surface area (Å²) in [6, 6.07) is 2.13. The summed E-state index contributed by atoms with van der Waals surface area (Å²) in [5, 5.41) is 0. The van der Waals surface area contributed by atoms with Crippen LogP contribution in [-0.4, -0.2) is 78.6 Å². The van der Waals surface area contributed by atoms with E-state index in [0.29, 0.717) is 6.04 Å². The number of hydrogen-bond donors (Lipinski definition) is 1. The van der Waals surface area contributed by atoms with Gasteiger partial charge in [0.25, 0.3) is 0 Å². The molecule has 0 spiro atoms. The summed E-state index contributed by atoms with van der Waals surface area (Å²) in [6.07, 6.45) is 6.54. The van der Waals surface area contributed by atoms with Crippen molar-refractivity contribution in [2.75, 3.05) is 45.8 Å². The van der Waals surface area contributed by atoms with Crippen molar-refractivity contribution in [1.29, 1.82) is 0 Å². The van der Waals surface area contributed by atoms with Gasteiger partial charge < -0.3 is 10.6 Å². The second kappa shape index (κ2) is 6.73. The Morgan fingerprint density at radius 3 is 2.05 bits per heavy atom. The second-order valence-electron chi connectivity index (χ2n) is 6.98. The lowest BCUT2D eigenvalue weighted by Gasteiger charge is -2.38. The molecule has 0 aromatic rings. The molecule has 4 heteroatoms. The Kier molecular flexibility index (Phi) is 4.97. The lowest BCUT2D eigenvalue weighted by Crippen LogP contribution is -2.48. The second-order valence-corrected chi connectivity index (χ2v) is 6.98. The molecule has 1 atom stereocenters. The van der Waals surface area contributed by atoms with Gasteiger partial charge in [-0.2, -0.15) is 0 Å². The Hall–Kier alpha value is -0.160. The number of hydrogen-bond acceptors (Lipinski definition) is 4. The summed E-state index contributed by atoms with van der Waals surface area (Å²) in [4.78, 5) is 8.09. The lowest BCUT2D eigenvalue weighted by atomic mass is 10.0. The van der Waals surface area contributed by atoms with Gasteiger partial charge in [-0.1, -0.05) is 6.92 Å². The number of likely N-dealkylation sites (tertiary alicyclic amines) is 3. The number of nitrogens with zero attached hydrogens (tertiary/aromatic N) is 3. The first-order chi connectivity index (χ1) is 9.76. The average molecular weight is 280 g/mol. The van der Waals surface area contributed by atoms with Crippen LogP contribution in [-0.2, 0) is 0 Å². The molecule has 2 N–H and O–H groups in total. The van der Waals surface area contributed by atoms with Gasteiger partial charge >= 0.3 is 0 Å². The summed E-state index contributed by atoms with van der Waals surface area (Å²) in [5.74, 6) is 0. The molecule has 4 nitrogen and oxygen atoms in total. The topological polar surface area (TPSA) is 35.7 Å². The van der Waals surface area contributed by atoms with Gasteiger partial charge in [0.15, 0.2) is 0 Å². The highest BCUT2D eigenvalue weighted by molar-refractivity contribution is 4.91. The molecule has 0 amide bonds. The van der Waals surface area contributed by atoms with E-state index in [9.17, 15) is 0 Å². The van der Waals surface area contributed by atoms with Crippen molar-refractivity contribution in [3.8, 4) is 0 Å². The van der Waals surface area contributed by atoms with Crippen LogP contribution in [0.15, 0.2) is 0 Å². The fourth-order valence-corrected chi connectivity index (χ4v) is 4.28. The van der Waals surface area contributed by atoms with Crippen molar-refractivity contribution in [2.45, 2.75) is 57.2 Å². The van der Waals surface area contributed by atoms with Gasteiger partial charge in [0.2, 0.25) is 0 Å². The van der Waals surface area contributed by atoms with Crippen LogP contribution in [0.4, 0.5) is 0 Å². The molecule has 3 fully saturated rings. The van der Waals surface area contributed by atoms with E-state index in [1.807, 2.05) is 0 Å². The molecule has 3 saturated heterocycles. The molecule has 3 aliphatic heterocycles. The molecule has 1 unspecified atom stereocenters. The highest BCUT2D eigenvalue weighted by Gasteiger charge is 2.33. The molecule has 0 radical (unpaired) electrons. The SMILES string of the molecule is CCN1CCC(N2CCC(N3CCC(N)CC3)C2)CC1. The lowest BCUT2D eigenvalue weighted by molar-refractivity contribution is 0.111. The zero-order valence-electron chi connectivity index (χ0n) is 13.1. The van der Waals surface area contributed by atoms with Gasteiger partial charge in [0, 0.05) is 31.2 Å². The van der Waals surface area contributed by atoms with Gasteiger partial charge in [-0.15, -0.1) is 0 Å². The Balaban J connectivity index is 1.45. The summed E-state index contributed by atoms with van der Waals surface area (Å²) < 4.78 is 0. The van der Waals surface area contributed by atoms with E-state index in [1.165, 1.54) is 77.9 Å². The number of rotatable bonds is 3. The summed E-state index contributed by atoms with van der Waals surface area (Å²) in [7, 11) is 0. The van der Waals surface area contributed by atoms with Crippen molar-refractivity contribution >= 4 is 0 Å². The quantitative estimate of drug-likeness (QED) is 0.835. The minimum Gasteiger partial charge on any atom is -0.328 e.